The van der Waals surface area contributed by atoms with E-state index in [9.17, 15) is 0 Å². The highest BCUT2D eigenvalue weighted by Gasteiger charge is 2.23. The van der Waals surface area contributed by atoms with Gasteiger partial charge in [-0.2, -0.15) is 5.10 Å². The highest BCUT2D eigenvalue weighted by atomic mass is 35.5. The summed E-state index contributed by atoms with van der Waals surface area (Å²) in [6, 6.07) is 8.50. The van der Waals surface area contributed by atoms with Gasteiger partial charge in [0.1, 0.15) is 12.7 Å². The maximum absolute atomic E-state index is 6.11. The summed E-state index contributed by atoms with van der Waals surface area (Å²) in [5.41, 5.74) is 1.27. The predicted molar refractivity (Wildman–Crippen MR) is 93.2 cm³/mol. The normalized spacial score (nSPS) is 18.3. The van der Waals surface area contributed by atoms with Gasteiger partial charge in [0.25, 0.3) is 0 Å². The van der Waals surface area contributed by atoms with Gasteiger partial charge < -0.3 is 5.32 Å². The Balaban J connectivity index is 0.00000121. The molecule has 1 saturated heterocycles. The van der Waals surface area contributed by atoms with Crippen molar-refractivity contribution in [2.75, 3.05) is 26.2 Å². The quantitative estimate of drug-likeness (QED) is 0.905. The summed E-state index contributed by atoms with van der Waals surface area (Å²) >= 11 is 6.11. The SMILES string of the molecule is Cl.Cl.Clc1cccc(C2CNCCN2CCn2cncn2)c1. The molecule has 22 heavy (non-hydrogen) atoms. The number of hydrogen-bond donors (Lipinski definition) is 1. The van der Waals surface area contributed by atoms with E-state index < -0.39 is 0 Å². The van der Waals surface area contributed by atoms with Crippen LogP contribution < -0.4 is 5.32 Å². The van der Waals surface area contributed by atoms with Gasteiger partial charge in [0, 0.05) is 37.2 Å². The highest BCUT2D eigenvalue weighted by Crippen LogP contribution is 2.24. The molecule has 1 aromatic heterocycles. The minimum Gasteiger partial charge on any atom is -0.314 e. The number of halogens is 3. The summed E-state index contributed by atoms with van der Waals surface area (Å²) in [6.07, 6.45) is 3.34. The summed E-state index contributed by atoms with van der Waals surface area (Å²) in [4.78, 5) is 6.45. The van der Waals surface area contributed by atoms with Crippen LogP contribution in [0.25, 0.3) is 0 Å². The van der Waals surface area contributed by atoms with Crippen molar-refractivity contribution in [3.05, 3.63) is 47.5 Å². The topological polar surface area (TPSA) is 46.0 Å². The molecule has 2 aromatic rings. The van der Waals surface area contributed by atoms with Crippen LogP contribution in [-0.4, -0.2) is 45.8 Å². The van der Waals surface area contributed by atoms with Gasteiger partial charge in [-0.15, -0.1) is 24.8 Å². The first-order valence-corrected chi connectivity index (χ1v) is 7.23. The van der Waals surface area contributed by atoms with Crippen molar-refractivity contribution in [2.45, 2.75) is 12.6 Å². The van der Waals surface area contributed by atoms with E-state index >= 15 is 0 Å². The van der Waals surface area contributed by atoms with E-state index in [1.807, 2.05) is 16.8 Å². The fourth-order valence-corrected chi connectivity index (χ4v) is 2.83. The first-order valence-electron chi connectivity index (χ1n) is 6.85. The van der Waals surface area contributed by atoms with Crippen LogP contribution in [0.15, 0.2) is 36.9 Å². The Morgan fingerprint density at radius 1 is 1.27 bits per heavy atom. The Morgan fingerprint density at radius 3 is 2.86 bits per heavy atom. The molecule has 122 valence electrons. The van der Waals surface area contributed by atoms with Crippen molar-refractivity contribution in [2.24, 2.45) is 0 Å². The molecule has 1 aliphatic heterocycles. The van der Waals surface area contributed by atoms with Crippen LogP contribution in [0, 0.1) is 0 Å². The van der Waals surface area contributed by atoms with Crippen LogP contribution in [-0.2, 0) is 6.54 Å². The van der Waals surface area contributed by atoms with Gasteiger partial charge in [-0.1, -0.05) is 23.7 Å². The summed E-state index contributed by atoms with van der Waals surface area (Å²) in [7, 11) is 0. The molecule has 1 N–H and O–H groups in total. The smallest absolute Gasteiger partial charge is 0.137 e. The van der Waals surface area contributed by atoms with Crippen LogP contribution >= 0.6 is 36.4 Å². The first-order chi connectivity index (χ1) is 9.83. The fourth-order valence-electron chi connectivity index (χ4n) is 2.64. The van der Waals surface area contributed by atoms with Crippen LogP contribution in [0.5, 0.6) is 0 Å². The minimum atomic E-state index is 0. The van der Waals surface area contributed by atoms with Gasteiger partial charge in [0.05, 0.1) is 6.54 Å². The maximum atomic E-state index is 6.11. The molecule has 0 bridgehead atoms. The van der Waals surface area contributed by atoms with Crippen molar-refractivity contribution in [3.63, 3.8) is 0 Å². The molecule has 0 saturated carbocycles. The van der Waals surface area contributed by atoms with Gasteiger partial charge >= 0.3 is 0 Å². The van der Waals surface area contributed by atoms with Crippen molar-refractivity contribution in [1.82, 2.24) is 25.0 Å². The zero-order chi connectivity index (χ0) is 13.8. The third-order valence-corrected chi connectivity index (χ3v) is 3.91. The van der Waals surface area contributed by atoms with Crippen LogP contribution in [0.3, 0.4) is 0 Å². The summed E-state index contributed by atoms with van der Waals surface area (Å²) in [6.45, 7) is 4.83. The molecule has 0 aliphatic carbocycles. The third-order valence-electron chi connectivity index (χ3n) is 3.67. The van der Waals surface area contributed by atoms with Crippen LogP contribution in [0.1, 0.15) is 11.6 Å². The van der Waals surface area contributed by atoms with E-state index in [-0.39, 0.29) is 24.8 Å². The van der Waals surface area contributed by atoms with E-state index in [1.54, 1.807) is 12.7 Å². The Morgan fingerprint density at radius 2 is 2.14 bits per heavy atom. The lowest BCUT2D eigenvalue weighted by Gasteiger charge is -2.36. The Bertz CT molecular complexity index is 549. The highest BCUT2D eigenvalue weighted by molar-refractivity contribution is 6.30. The van der Waals surface area contributed by atoms with Crippen LogP contribution in [0.4, 0.5) is 0 Å². The monoisotopic (exact) mass is 363 g/mol. The Labute approximate surface area is 147 Å². The lowest BCUT2D eigenvalue weighted by Crippen LogP contribution is -2.47. The van der Waals surface area contributed by atoms with E-state index in [4.69, 9.17) is 11.6 Å². The number of benzene rings is 1. The number of nitrogens with one attached hydrogen (secondary N) is 1. The second-order valence-electron chi connectivity index (χ2n) is 4.97. The third kappa shape index (κ3) is 4.83. The van der Waals surface area contributed by atoms with E-state index in [1.165, 1.54) is 5.56 Å². The largest absolute Gasteiger partial charge is 0.314 e. The molecule has 1 aromatic carbocycles. The average Bonchev–Trinajstić information content (AvgIpc) is 2.99. The van der Waals surface area contributed by atoms with Crippen molar-refractivity contribution < 1.29 is 0 Å². The molecule has 1 atom stereocenters. The number of piperazine rings is 1. The first kappa shape index (κ1) is 19.2. The predicted octanol–water partition coefficient (Wildman–Crippen LogP) is 2.42. The standard InChI is InChI=1S/C14H18ClN5.2ClH/c15-13-3-1-2-12(8-13)14-9-16-4-5-19(14)6-7-20-11-17-10-18-20;;/h1-3,8,10-11,14,16H,4-7,9H2;2*1H. The summed E-state index contributed by atoms with van der Waals surface area (Å²) in [5.74, 6) is 0. The summed E-state index contributed by atoms with van der Waals surface area (Å²) in [5, 5.41) is 8.41. The van der Waals surface area contributed by atoms with Crippen molar-refractivity contribution in [1.29, 1.82) is 0 Å². The molecule has 5 nitrogen and oxygen atoms in total. The molecule has 3 rings (SSSR count). The molecular formula is C14H20Cl3N5. The second kappa shape index (κ2) is 9.33. The molecule has 0 spiro atoms. The molecular weight excluding hydrogens is 345 g/mol. The van der Waals surface area contributed by atoms with E-state index in [2.05, 4.69) is 32.4 Å². The maximum Gasteiger partial charge on any atom is 0.137 e. The van der Waals surface area contributed by atoms with E-state index in [0.717, 1.165) is 37.7 Å². The fraction of sp³-hybridized carbons (Fsp3) is 0.429. The van der Waals surface area contributed by atoms with Crippen molar-refractivity contribution in [3.8, 4) is 0 Å². The number of nitrogens with zero attached hydrogens (tertiary/aromatic N) is 4. The number of rotatable bonds is 4. The average molecular weight is 365 g/mol. The molecule has 0 amide bonds. The second-order valence-corrected chi connectivity index (χ2v) is 5.41. The van der Waals surface area contributed by atoms with Gasteiger partial charge in [0.2, 0.25) is 0 Å². The number of aromatic nitrogens is 3. The van der Waals surface area contributed by atoms with Crippen LogP contribution in [0.2, 0.25) is 5.02 Å². The Hall–Kier alpha value is -0.850. The van der Waals surface area contributed by atoms with E-state index in [0.29, 0.717) is 6.04 Å². The zero-order valence-corrected chi connectivity index (χ0v) is 14.4. The number of hydrogen-bond acceptors (Lipinski definition) is 4. The molecule has 0 radical (unpaired) electrons. The molecule has 8 heteroatoms. The summed E-state index contributed by atoms with van der Waals surface area (Å²) < 4.78 is 1.87. The molecule has 1 unspecified atom stereocenters. The Kier molecular flexibility index (Phi) is 8.14. The zero-order valence-electron chi connectivity index (χ0n) is 12.1. The molecule has 1 fully saturated rings. The lowest BCUT2D eigenvalue weighted by molar-refractivity contribution is 0.154. The van der Waals surface area contributed by atoms with Gasteiger partial charge in [-0.3, -0.25) is 9.58 Å². The molecule has 1 aliphatic rings. The van der Waals surface area contributed by atoms with Gasteiger partial charge in [0.15, 0.2) is 0 Å². The van der Waals surface area contributed by atoms with Gasteiger partial charge in [-0.25, -0.2) is 4.98 Å². The minimum absolute atomic E-state index is 0. The lowest BCUT2D eigenvalue weighted by atomic mass is 10.0. The molecule has 2 heterocycles. The van der Waals surface area contributed by atoms with Crippen molar-refractivity contribution >= 4 is 36.4 Å². The van der Waals surface area contributed by atoms with Gasteiger partial charge in [-0.05, 0) is 17.7 Å².